The molecule has 0 bridgehead atoms. The van der Waals surface area contributed by atoms with Crippen LogP contribution in [0.25, 0.3) is 0 Å². The Kier molecular flexibility index (Phi) is 4.81. The van der Waals surface area contributed by atoms with Crippen LogP contribution >= 0.6 is 0 Å². The molecule has 0 aromatic carbocycles. The first-order valence-electron chi connectivity index (χ1n) is 9.13. The summed E-state index contributed by atoms with van der Waals surface area (Å²) in [4.78, 5) is 21.5. The van der Waals surface area contributed by atoms with Gasteiger partial charge in [0.25, 0.3) is 5.91 Å². The van der Waals surface area contributed by atoms with Crippen molar-refractivity contribution in [1.29, 1.82) is 0 Å². The molecule has 2 N–H and O–H groups in total. The summed E-state index contributed by atoms with van der Waals surface area (Å²) in [5.74, 6) is 1.86. The number of amides is 1. The van der Waals surface area contributed by atoms with Crippen molar-refractivity contribution in [3.63, 3.8) is 0 Å². The maximum absolute atomic E-state index is 12.8. The second kappa shape index (κ2) is 6.71. The summed E-state index contributed by atoms with van der Waals surface area (Å²) in [7, 11) is 0. The lowest BCUT2D eigenvalue weighted by Crippen LogP contribution is -2.54. The molecule has 132 valence electrons. The molecule has 1 unspecified atom stereocenters. The van der Waals surface area contributed by atoms with E-state index in [-0.39, 0.29) is 17.4 Å². The molecule has 1 aromatic rings. The van der Waals surface area contributed by atoms with Crippen molar-refractivity contribution in [1.82, 2.24) is 9.88 Å². The maximum atomic E-state index is 12.8. The molecule has 5 heteroatoms. The molecule has 1 amide bonds. The van der Waals surface area contributed by atoms with Gasteiger partial charge in [-0.3, -0.25) is 4.79 Å². The first-order chi connectivity index (χ1) is 11.4. The van der Waals surface area contributed by atoms with Crippen molar-refractivity contribution in [2.45, 2.75) is 46.1 Å². The average Bonchev–Trinajstić information content (AvgIpc) is 2.57. The zero-order valence-electron chi connectivity index (χ0n) is 15.2. The van der Waals surface area contributed by atoms with E-state index in [1.807, 2.05) is 17.0 Å². The number of rotatable bonds is 2. The number of aromatic nitrogens is 1. The highest BCUT2D eigenvalue weighted by Crippen LogP contribution is 2.29. The molecule has 0 saturated carbocycles. The Balaban J connectivity index is 1.66. The molecule has 0 spiro atoms. The minimum atomic E-state index is -0.0359. The van der Waals surface area contributed by atoms with Gasteiger partial charge in [0, 0.05) is 38.4 Å². The standard InChI is InChI=1S/C19H30N4O/c1-14-6-9-22(10-7-14)17-5-4-15(12-21-17)18(24)23-11-8-16(20)19(2,3)13-23/h4-5,12,14,16H,6-11,13,20H2,1-3H3. The van der Waals surface area contributed by atoms with E-state index in [2.05, 4.69) is 30.7 Å². The molecule has 3 heterocycles. The summed E-state index contributed by atoms with van der Waals surface area (Å²) in [6, 6.07) is 4.07. The number of anilines is 1. The van der Waals surface area contributed by atoms with Crippen molar-refractivity contribution in [3.05, 3.63) is 23.9 Å². The molecule has 1 atom stereocenters. The SMILES string of the molecule is CC1CCN(c2ccc(C(=O)N3CCC(N)C(C)(C)C3)cn2)CC1. The number of hydrogen-bond acceptors (Lipinski definition) is 4. The largest absolute Gasteiger partial charge is 0.357 e. The topological polar surface area (TPSA) is 62.5 Å². The van der Waals surface area contributed by atoms with Crippen LogP contribution in [0, 0.1) is 11.3 Å². The van der Waals surface area contributed by atoms with Gasteiger partial charge in [-0.2, -0.15) is 0 Å². The van der Waals surface area contributed by atoms with Crippen molar-refractivity contribution >= 4 is 11.7 Å². The van der Waals surface area contributed by atoms with Gasteiger partial charge in [-0.15, -0.1) is 0 Å². The highest BCUT2D eigenvalue weighted by atomic mass is 16.2. The van der Waals surface area contributed by atoms with Crippen LogP contribution in [0.5, 0.6) is 0 Å². The summed E-state index contributed by atoms with van der Waals surface area (Å²) in [5.41, 5.74) is 6.81. The molecule has 24 heavy (non-hydrogen) atoms. The van der Waals surface area contributed by atoms with Crippen LogP contribution in [-0.2, 0) is 0 Å². The van der Waals surface area contributed by atoms with Gasteiger partial charge < -0.3 is 15.5 Å². The Morgan fingerprint density at radius 2 is 1.92 bits per heavy atom. The number of nitrogens with zero attached hydrogens (tertiary/aromatic N) is 3. The van der Waals surface area contributed by atoms with Gasteiger partial charge in [-0.05, 0) is 42.7 Å². The lowest BCUT2D eigenvalue weighted by Gasteiger charge is -2.42. The van der Waals surface area contributed by atoms with E-state index in [4.69, 9.17) is 5.73 Å². The van der Waals surface area contributed by atoms with Crippen molar-refractivity contribution in [2.24, 2.45) is 17.1 Å². The number of carbonyl (C=O) groups excluding carboxylic acids is 1. The predicted molar refractivity (Wildman–Crippen MR) is 97.1 cm³/mol. The molecular formula is C19H30N4O. The third kappa shape index (κ3) is 3.56. The summed E-state index contributed by atoms with van der Waals surface area (Å²) in [5, 5.41) is 0. The minimum absolute atomic E-state index is 0.0359. The second-order valence-corrected chi connectivity index (χ2v) is 8.19. The summed E-state index contributed by atoms with van der Waals surface area (Å²) in [6.45, 7) is 10.1. The molecular weight excluding hydrogens is 300 g/mol. The highest BCUT2D eigenvalue weighted by Gasteiger charge is 2.35. The number of carbonyl (C=O) groups is 1. The fraction of sp³-hybridized carbons (Fsp3) is 0.684. The van der Waals surface area contributed by atoms with E-state index in [9.17, 15) is 4.79 Å². The summed E-state index contributed by atoms with van der Waals surface area (Å²) < 4.78 is 0. The van der Waals surface area contributed by atoms with Crippen LogP contribution in [0.1, 0.15) is 50.4 Å². The molecule has 2 saturated heterocycles. The fourth-order valence-electron chi connectivity index (χ4n) is 3.67. The number of hydrogen-bond donors (Lipinski definition) is 1. The Labute approximate surface area is 145 Å². The van der Waals surface area contributed by atoms with E-state index < -0.39 is 0 Å². The van der Waals surface area contributed by atoms with Crippen LogP contribution < -0.4 is 10.6 Å². The molecule has 3 rings (SSSR count). The van der Waals surface area contributed by atoms with Gasteiger partial charge in [-0.1, -0.05) is 20.8 Å². The molecule has 5 nitrogen and oxygen atoms in total. The first kappa shape index (κ1) is 17.2. The zero-order valence-corrected chi connectivity index (χ0v) is 15.2. The summed E-state index contributed by atoms with van der Waals surface area (Å²) >= 11 is 0. The zero-order chi connectivity index (χ0) is 17.3. The number of pyridine rings is 1. The van der Waals surface area contributed by atoms with E-state index in [0.29, 0.717) is 12.1 Å². The van der Waals surface area contributed by atoms with E-state index in [0.717, 1.165) is 37.8 Å². The van der Waals surface area contributed by atoms with E-state index >= 15 is 0 Å². The second-order valence-electron chi connectivity index (χ2n) is 8.19. The Hall–Kier alpha value is -1.62. The number of nitrogens with two attached hydrogens (primary N) is 1. The Morgan fingerprint density at radius 3 is 2.50 bits per heavy atom. The highest BCUT2D eigenvalue weighted by molar-refractivity contribution is 5.94. The third-order valence-electron chi connectivity index (χ3n) is 5.70. The maximum Gasteiger partial charge on any atom is 0.255 e. The first-order valence-corrected chi connectivity index (χ1v) is 9.13. The lowest BCUT2D eigenvalue weighted by molar-refractivity contribution is 0.0532. The quantitative estimate of drug-likeness (QED) is 0.905. The van der Waals surface area contributed by atoms with Gasteiger partial charge in [0.2, 0.25) is 0 Å². The van der Waals surface area contributed by atoms with Gasteiger partial charge in [-0.25, -0.2) is 4.98 Å². The molecule has 0 aliphatic carbocycles. The third-order valence-corrected chi connectivity index (χ3v) is 5.70. The normalized spacial score (nSPS) is 24.9. The van der Waals surface area contributed by atoms with Gasteiger partial charge in [0.1, 0.15) is 5.82 Å². The lowest BCUT2D eigenvalue weighted by atomic mass is 9.79. The molecule has 2 aliphatic rings. The van der Waals surface area contributed by atoms with Gasteiger partial charge >= 0.3 is 0 Å². The van der Waals surface area contributed by atoms with Crippen LogP contribution in [0.2, 0.25) is 0 Å². The molecule has 1 aromatic heterocycles. The summed E-state index contributed by atoms with van der Waals surface area (Å²) in [6.07, 6.45) is 5.02. The monoisotopic (exact) mass is 330 g/mol. The van der Waals surface area contributed by atoms with Crippen LogP contribution in [0.15, 0.2) is 18.3 Å². The van der Waals surface area contributed by atoms with Crippen molar-refractivity contribution in [3.8, 4) is 0 Å². The van der Waals surface area contributed by atoms with E-state index in [1.54, 1.807) is 6.20 Å². The molecule has 2 aliphatic heterocycles. The molecule has 0 radical (unpaired) electrons. The number of likely N-dealkylation sites (tertiary alicyclic amines) is 1. The average molecular weight is 330 g/mol. The number of piperidine rings is 2. The van der Waals surface area contributed by atoms with E-state index in [1.165, 1.54) is 12.8 Å². The van der Waals surface area contributed by atoms with Crippen molar-refractivity contribution in [2.75, 3.05) is 31.1 Å². The van der Waals surface area contributed by atoms with Crippen LogP contribution in [0.3, 0.4) is 0 Å². The predicted octanol–water partition coefficient (Wildman–Crippen LogP) is 2.52. The Bertz CT molecular complexity index is 576. The van der Waals surface area contributed by atoms with Gasteiger partial charge in [0.05, 0.1) is 5.56 Å². The van der Waals surface area contributed by atoms with Crippen molar-refractivity contribution < 1.29 is 4.79 Å². The van der Waals surface area contributed by atoms with Gasteiger partial charge in [0.15, 0.2) is 0 Å². The fourth-order valence-corrected chi connectivity index (χ4v) is 3.67. The van der Waals surface area contributed by atoms with Crippen LogP contribution in [-0.4, -0.2) is 48.0 Å². The van der Waals surface area contributed by atoms with Crippen LogP contribution in [0.4, 0.5) is 5.82 Å². The smallest absolute Gasteiger partial charge is 0.255 e. The molecule has 2 fully saturated rings. The Morgan fingerprint density at radius 1 is 1.21 bits per heavy atom. The minimum Gasteiger partial charge on any atom is -0.357 e.